The first-order valence-corrected chi connectivity index (χ1v) is 8.65. The van der Waals surface area contributed by atoms with Crippen LogP contribution in [0, 0.1) is 11.6 Å². The summed E-state index contributed by atoms with van der Waals surface area (Å²) in [5, 5.41) is 3.77. The van der Waals surface area contributed by atoms with Crippen LogP contribution in [0.25, 0.3) is 0 Å². The monoisotopic (exact) mass is 398 g/mol. The fourth-order valence-corrected chi connectivity index (χ4v) is 3.40. The number of hydrogen-bond donors (Lipinski definition) is 1. The van der Waals surface area contributed by atoms with Crippen LogP contribution in [-0.2, 0) is 6.42 Å². The van der Waals surface area contributed by atoms with Crippen LogP contribution in [0.3, 0.4) is 0 Å². The van der Waals surface area contributed by atoms with Crippen molar-refractivity contribution in [2.75, 3.05) is 5.32 Å². The van der Waals surface area contributed by atoms with E-state index in [1.54, 1.807) is 24.4 Å². The fourth-order valence-electron chi connectivity index (χ4n) is 2.19. The molecule has 8 heteroatoms. The van der Waals surface area contributed by atoms with Crippen molar-refractivity contribution in [2.45, 2.75) is 6.42 Å². The summed E-state index contributed by atoms with van der Waals surface area (Å²) >= 11 is 13.3. The van der Waals surface area contributed by atoms with Gasteiger partial charge in [-0.15, -0.1) is 11.3 Å². The van der Waals surface area contributed by atoms with Gasteiger partial charge in [-0.1, -0.05) is 29.3 Å². The summed E-state index contributed by atoms with van der Waals surface area (Å²) in [6, 6.07) is 8.37. The van der Waals surface area contributed by atoms with Crippen molar-refractivity contribution in [1.29, 1.82) is 0 Å². The molecule has 0 aliphatic carbocycles. The maximum atomic E-state index is 13.6. The quantitative estimate of drug-likeness (QED) is 0.623. The molecule has 0 bridgehead atoms. The number of nitrogens with zero attached hydrogens (tertiary/aromatic N) is 1. The Labute approximate surface area is 156 Å². The molecule has 1 aromatic heterocycles. The van der Waals surface area contributed by atoms with Crippen molar-refractivity contribution in [3.63, 3.8) is 0 Å². The highest BCUT2D eigenvalue weighted by Gasteiger charge is 2.18. The van der Waals surface area contributed by atoms with E-state index in [-0.39, 0.29) is 5.13 Å². The Morgan fingerprint density at radius 1 is 1.16 bits per heavy atom. The Bertz CT molecular complexity index is 926. The normalized spacial score (nSPS) is 10.7. The molecule has 0 unspecified atom stereocenters. The van der Waals surface area contributed by atoms with E-state index in [4.69, 9.17) is 23.2 Å². The van der Waals surface area contributed by atoms with Crippen LogP contribution in [0.2, 0.25) is 10.0 Å². The van der Waals surface area contributed by atoms with Gasteiger partial charge in [-0.05, 0) is 35.9 Å². The van der Waals surface area contributed by atoms with Crippen molar-refractivity contribution < 1.29 is 13.6 Å². The van der Waals surface area contributed by atoms with E-state index in [1.165, 1.54) is 17.4 Å². The molecule has 3 nitrogen and oxygen atoms in total. The third kappa shape index (κ3) is 4.15. The largest absolute Gasteiger partial charge is 0.298 e. The van der Waals surface area contributed by atoms with E-state index in [1.807, 2.05) is 0 Å². The number of anilines is 1. The molecule has 0 saturated carbocycles. The molecule has 0 saturated heterocycles. The molecule has 0 aliphatic heterocycles. The molecule has 3 aromatic rings. The third-order valence-corrected chi connectivity index (χ3v) is 4.85. The fraction of sp³-hybridized carbons (Fsp3) is 0.0588. The maximum absolute atomic E-state index is 13.6. The number of rotatable bonds is 4. The first kappa shape index (κ1) is 17.8. The number of nitrogens with one attached hydrogen (secondary N) is 1. The van der Waals surface area contributed by atoms with Crippen LogP contribution in [0.15, 0.2) is 42.6 Å². The molecular formula is C17H10Cl2F2N2OS. The van der Waals surface area contributed by atoms with Gasteiger partial charge in [0.1, 0.15) is 17.2 Å². The van der Waals surface area contributed by atoms with Crippen LogP contribution in [-0.4, -0.2) is 10.9 Å². The van der Waals surface area contributed by atoms with Gasteiger partial charge in [0.15, 0.2) is 5.13 Å². The minimum atomic E-state index is -0.931. The minimum absolute atomic E-state index is 0.237. The molecule has 0 spiro atoms. The number of carbonyl (C=O) groups is 1. The second-order valence-electron chi connectivity index (χ2n) is 5.10. The number of carbonyl (C=O) groups excluding carboxylic acids is 1. The van der Waals surface area contributed by atoms with E-state index >= 15 is 0 Å². The van der Waals surface area contributed by atoms with Crippen LogP contribution in [0.1, 0.15) is 20.8 Å². The summed E-state index contributed by atoms with van der Waals surface area (Å²) in [6.45, 7) is 0. The lowest BCUT2D eigenvalue weighted by molar-refractivity contribution is 0.101. The summed E-state index contributed by atoms with van der Waals surface area (Å²) in [7, 11) is 0. The van der Waals surface area contributed by atoms with E-state index in [2.05, 4.69) is 10.3 Å². The van der Waals surface area contributed by atoms with Crippen molar-refractivity contribution >= 4 is 45.6 Å². The molecular weight excluding hydrogens is 389 g/mol. The number of aromatic nitrogens is 1. The van der Waals surface area contributed by atoms with Crippen LogP contribution in [0.5, 0.6) is 0 Å². The topological polar surface area (TPSA) is 42.0 Å². The SMILES string of the molecule is O=C(Nc1ncc(Cc2cc(Cl)ccc2Cl)s1)c1c(F)cccc1F. The first-order chi connectivity index (χ1) is 11.9. The lowest BCUT2D eigenvalue weighted by Crippen LogP contribution is -2.15. The Balaban J connectivity index is 1.76. The maximum Gasteiger partial charge on any atom is 0.263 e. The number of amides is 1. The van der Waals surface area contributed by atoms with Gasteiger partial charge in [-0.25, -0.2) is 13.8 Å². The van der Waals surface area contributed by atoms with Gasteiger partial charge < -0.3 is 0 Å². The molecule has 1 amide bonds. The second-order valence-corrected chi connectivity index (χ2v) is 7.05. The minimum Gasteiger partial charge on any atom is -0.298 e. The molecule has 0 aliphatic rings. The highest BCUT2D eigenvalue weighted by atomic mass is 35.5. The molecule has 128 valence electrons. The van der Waals surface area contributed by atoms with Gasteiger partial charge in [-0.3, -0.25) is 10.1 Å². The van der Waals surface area contributed by atoms with E-state index in [9.17, 15) is 13.6 Å². The molecule has 1 N–H and O–H groups in total. The van der Waals surface area contributed by atoms with E-state index in [0.717, 1.165) is 22.6 Å². The molecule has 0 fully saturated rings. The van der Waals surface area contributed by atoms with Crippen molar-refractivity contribution in [2.24, 2.45) is 0 Å². The first-order valence-electron chi connectivity index (χ1n) is 7.08. The van der Waals surface area contributed by atoms with Gasteiger partial charge >= 0.3 is 0 Å². The Morgan fingerprint density at radius 3 is 2.60 bits per heavy atom. The Morgan fingerprint density at radius 2 is 1.88 bits per heavy atom. The van der Waals surface area contributed by atoms with Gasteiger partial charge in [0.05, 0.1) is 0 Å². The summed E-state index contributed by atoms with van der Waals surface area (Å²) in [6.07, 6.45) is 2.04. The van der Waals surface area contributed by atoms with Gasteiger partial charge in [0, 0.05) is 27.5 Å². The van der Waals surface area contributed by atoms with Crippen molar-refractivity contribution in [1.82, 2.24) is 4.98 Å². The number of thiazole rings is 1. The highest BCUT2D eigenvalue weighted by molar-refractivity contribution is 7.15. The van der Waals surface area contributed by atoms with Gasteiger partial charge in [0.2, 0.25) is 0 Å². The van der Waals surface area contributed by atoms with Crippen molar-refractivity contribution in [3.05, 3.63) is 80.3 Å². The van der Waals surface area contributed by atoms with Gasteiger partial charge in [0.25, 0.3) is 5.91 Å². The van der Waals surface area contributed by atoms with Gasteiger partial charge in [-0.2, -0.15) is 0 Å². The number of hydrogen-bond acceptors (Lipinski definition) is 3. The lowest BCUT2D eigenvalue weighted by Gasteiger charge is -2.04. The molecule has 0 atom stereocenters. The molecule has 2 aromatic carbocycles. The van der Waals surface area contributed by atoms with Crippen LogP contribution in [0.4, 0.5) is 13.9 Å². The smallest absolute Gasteiger partial charge is 0.263 e. The zero-order valence-corrected chi connectivity index (χ0v) is 14.9. The van der Waals surface area contributed by atoms with E-state index in [0.29, 0.717) is 16.5 Å². The van der Waals surface area contributed by atoms with Crippen LogP contribution >= 0.6 is 34.5 Å². The number of halogens is 4. The summed E-state index contributed by atoms with van der Waals surface area (Å²) in [5.74, 6) is -2.75. The standard InChI is InChI=1S/C17H10Cl2F2N2OS/c18-10-4-5-12(19)9(6-10)7-11-8-22-17(25-11)23-16(24)15-13(20)2-1-3-14(15)21/h1-6,8H,7H2,(H,22,23,24). The summed E-state index contributed by atoms with van der Waals surface area (Å²) in [5.41, 5.74) is 0.174. The average Bonchev–Trinajstić information content (AvgIpc) is 2.98. The number of benzene rings is 2. The third-order valence-electron chi connectivity index (χ3n) is 3.34. The Kier molecular flexibility index (Phi) is 5.32. The molecule has 1 heterocycles. The zero-order valence-electron chi connectivity index (χ0n) is 12.5. The van der Waals surface area contributed by atoms with Crippen molar-refractivity contribution in [3.8, 4) is 0 Å². The average molecular weight is 399 g/mol. The van der Waals surface area contributed by atoms with Crippen LogP contribution < -0.4 is 5.32 Å². The zero-order chi connectivity index (χ0) is 18.0. The predicted molar refractivity (Wildman–Crippen MR) is 95.7 cm³/mol. The molecule has 0 radical (unpaired) electrons. The highest BCUT2D eigenvalue weighted by Crippen LogP contribution is 2.27. The molecule has 3 rings (SSSR count). The van der Waals surface area contributed by atoms with E-state index < -0.39 is 23.1 Å². The summed E-state index contributed by atoms with van der Waals surface area (Å²) in [4.78, 5) is 16.9. The summed E-state index contributed by atoms with van der Waals surface area (Å²) < 4.78 is 27.3. The molecule has 25 heavy (non-hydrogen) atoms. The lowest BCUT2D eigenvalue weighted by atomic mass is 10.1. The second kappa shape index (κ2) is 7.47. The Hall–Kier alpha value is -2.02. The predicted octanol–water partition coefficient (Wildman–Crippen LogP) is 5.57.